The summed E-state index contributed by atoms with van der Waals surface area (Å²) in [6, 6.07) is 15.0. The highest BCUT2D eigenvalue weighted by Gasteiger charge is 2.27. The Morgan fingerprint density at radius 3 is 2.35 bits per heavy atom. The molecule has 1 saturated heterocycles. The van der Waals surface area contributed by atoms with E-state index in [0.29, 0.717) is 61.0 Å². The minimum atomic E-state index is -0.557. The first-order chi connectivity index (χ1) is 23.0. The summed E-state index contributed by atoms with van der Waals surface area (Å²) in [4.78, 5) is 51.9. The molecular weight excluding hydrogens is 610 g/mol. The predicted molar refractivity (Wildman–Crippen MR) is 185 cm³/mol. The molecule has 1 unspecified atom stereocenters. The van der Waals surface area contributed by atoms with Crippen molar-refractivity contribution in [2.75, 3.05) is 41.7 Å². The van der Waals surface area contributed by atoms with Gasteiger partial charge in [-0.3, -0.25) is 4.79 Å². The fraction of sp³-hybridized carbons (Fsp3) is 0.400. The molecule has 0 radical (unpaired) electrons. The molecule has 5 rings (SSSR count). The molecule has 2 N–H and O–H groups in total. The van der Waals surface area contributed by atoms with Crippen molar-refractivity contribution in [3.63, 3.8) is 0 Å². The summed E-state index contributed by atoms with van der Waals surface area (Å²) in [5.41, 5.74) is 3.42. The number of carbonyl (C=O) groups excluding carboxylic acids is 2. The summed E-state index contributed by atoms with van der Waals surface area (Å²) in [6.45, 7) is 13.6. The second kappa shape index (κ2) is 15.1. The molecule has 13 heteroatoms. The third kappa shape index (κ3) is 9.36. The molecule has 0 bridgehead atoms. The number of anilines is 5. The van der Waals surface area contributed by atoms with Crippen LogP contribution < -0.4 is 15.5 Å². The number of piperazine rings is 1. The number of pyridine rings is 1. The molecule has 0 aliphatic carbocycles. The molecule has 4 heterocycles. The minimum absolute atomic E-state index is 0.0930. The molecule has 4 aromatic rings. The summed E-state index contributed by atoms with van der Waals surface area (Å²) < 4.78 is 11.2. The Morgan fingerprint density at radius 1 is 0.917 bits per heavy atom. The maximum atomic E-state index is 12.9. The van der Waals surface area contributed by atoms with Gasteiger partial charge in [0.05, 0.1) is 12.5 Å². The van der Waals surface area contributed by atoms with Gasteiger partial charge in [0.15, 0.2) is 5.82 Å². The van der Waals surface area contributed by atoms with Crippen molar-refractivity contribution in [3.05, 3.63) is 72.2 Å². The molecule has 1 aliphatic heterocycles. The van der Waals surface area contributed by atoms with E-state index in [1.54, 1.807) is 29.4 Å². The van der Waals surface area contributed by atoms with Crippen LogP contribution >= 0.6 is 0 Å². The van der Waals surface area contributed by atoms with Gasteiger partial charge in [0.1, 0.15) is 22.9 Å². The third-order valence-corrected chi connectivity index (χ3v) is 7.53. The van der Waals surface area contributed by atoms with Crippen LogP contribution in [0.1, 0.15) is 52.3 Å². The summed E-state index contributed by atoms with van der Waals surface area (Å²) in [5, 5.41) is 6.49. The highest BCUT2D eigenvalue weighted by atomic mass is 16.6. The Morgan fingerprint density at radius 2 is 1.65 bits per heavy atom. The Labute approximate surface area is 281 Å². The van der Waals surface area contributed by atoms with E-state index in [1.165, 1.54) is 0 Å². The van der Waals surface area contributed by atoms with E-state index in [2.05, 4.69) is 40.5 Å². The lowest BCUT2D eigenvalue weighted by molar-refractivity contribution is -0.147. The molecule has 1 aromatic carbocycles. The van der Waals surface area contributed by atoms with Gasteiger partial charge >= 0.3 is 12.1 Å². The van der Waals surface area contributed by atoms with Gasteiger partial charge in [-0.2, -0.15) is 4.98 Å². The minimum Gasteiger partial charge on any atom is -0.462 e. The van der Waals surface area contributed by atoms with Crippen molar-refractivity contribution in [2.45, 2.75) is 66.1 Å². The van der Waals surface area contributed by atoms with Crippen LogP contribution in [-0.2, 0) is 20.7 Å². The average Bonchev–Trinajstić information content (AvgIpc) is 3.04. The Bertz CT molecular complexity index is 1740. The number of esters is 1. The zero-order chi connectivity index (χ0) is 34.3. The van der Waals surface area contributed by atoms with E-state index < -0.39 is 5.60 Å². The molecule has 1 amide bonds. The maximum absolute atomic E-state index is 12.9. The maximum Gasteiger partial charge on any atom is 0.410 e. The fourth-order valence-electron chi connectivity index (χ4n) is 5.04. The number of ether oxygens (including phenoxy) is 2. The van der Waals surface area contributed by atoms with E-state index >= 15 is 0 Å². The lowest BCUT2D eigenvalue weighted by Crippen LogP contribution is -2.50. The Hall–Kier alpha value is -5.33. The molecule has 48 heavy (non-hydrogen) atoms. The molecule has 0 spiro atoms. The van der Waals surface area contributed by atoms with Crippen molar-refractivity contribution in [1.82, 2.24) is 29.8 Å². The van der Waals surface area contributed by atoms with Crippen LogP contribution in [0.4, 0.5) is 33.8 Å². The van der Waals surface area contributed by atoms with Crippen molar-refractivity contribution >= 4 is 41.0 Å². The number of hydrogen-bond acceptors (Lipinski definition) is 12. The summed E-state index contributed by atoms with van der Waals surface area (Å²) in [6.07, 6.45) is 3.64. The van der Waals surface area contributed by atoms with Gasteiger partial charge in [0.2, 0.25) is 5.95 Å². The van der Waals surface area contributed by atoms with Gasteiger partial charge in [-0.25, -0.2) is 24.7 Å². The highest BCUT2D eigenvalue weighted by molar-refractivity contribution is 5.78. The average molecular weight is 654 g/mol. The molecule has 0 saturated carbocycles. The zero-order valence-corrected chi connectivity index (χ0v) is 28.4. The van der Waals surface area contributed by atoms with Gasteiger partial charge in [0.25, 0.3) is 0 Å². The lowest BCUT2D eigenvalue weighted by atomic mass is 10.1. The molecule has 252 valence electrons. The number of carbonyl (C=O) groups is 2. The Kier molecular flexibility index (Phi) is 10.7. The smallest absolute Gasteiger partial charge is 0.410 e. The van der Waals surface area contributed by atoms with Crippen molar-refractivity contribution in [2.24, 2.45) is 0 Å². The third-order valence-electron chi connectivity index (χ3n) is 7.53. The summed E-state index contributed by atoms with van der Waals surface area (Å²) >= 11 is 0. The largest absolute Gasteiger partial charge is 0.462 e. The van der Waals surface area contributed by atoms with Crippen LogP contribution in [0.25, 0.3) is 11.5 Å². The zero-order valence-electron chi connectivity index (χ0n) is 28.4. The lowest BCUT2D eigenvalue weighted by Gasteiger charge is -2.37. The van der Waals surface area contributed by atoms with Gasteiger partial charge in [-0.1, -0.05) is 13.0 Å². The van der Waals surface area contributed by atoms with E-state index in [0.717, 1.165) is 23.4 Å². The normalized spacial score (nSPS) is 13.9. The number of aromatic nitrogens is 5. The second-order valence-corrected chi connectivity index (χ2v) is 12.6. The van der Waals surface area contributed by atoms with E-state index in [4.69, 9.17) is 9.47 Å². The summed E-state index contributed by atoms with van der Waals surface area (Å²) in [5.74, 6) is 1.66. The fourth-order valence-corrected chi connectivity index (χ4v) is 5.04. The SMILES string of the molecule is CCC(C)OC(=O)Cc1cc(Nc2nccc(Nc3ccnc(-c4cccc(C)n4)n3)n2)ccc1N1CCN(C(=O)OC(C)(C)C)CC1. The first-order valence-electron chi connectivity index (χ1n) is 16.1. The molecule has 1 fully saturated rings. The standard InChI is InChI=1S/C35H43N9O4/c1-7-24(3)47-31(45)22-25-21-26(11-12-28(25)43-17-19-44(20-18-43)34(46)48-35(4,5)6)39-33-37-16-14-30(42-33)40-29-13-15-36-32(41-29)27-10-8-9-23(2)38-27/h8-16,21,24H,7,17-20,22H2,1-6H3,(H2,36,37,39,40,41,42). The van der Waals surface area contributed by atoms with Crippen molar-refractivity contribution < 1.29 is 19.1 Å². The van der Waals surface area contributed by atoms with Crippen LogP contribution in [-0.4, -0.2) is 79.8 Å². The summed E-state index contributed by atoms with van der Waals surface area (Å²) in [7, 11) is 0. The van der Waals surface area contributed by atoms with Crippen LogP contribution in [0.2, 0.25) is 0 Å². The molecule has 3 aromatic heterocycles. The van der Waals surface area contributed by atoms with E-state index in [1.807, 2.05) is 77.9 Å². The number of nitrogens with one attached hydrogen (secondary N) is 2. The van der Waals surface area contributed by atoms with E-state index in [9.17, 15) is 9.59 Å². The topological polar surface area (TPSA) is 148 Å². The van der Waals surface area contributed by atoms with Crippen LogP contribution in [0, 0.1) is 6.92 Å². The van der Waals surface area contributed by atoms with Crippen molar-refractivity contribution in [3.8, 4) is 11.5 Å². The molecule has 13 nitrogen and oxygen atoms in total. The van der Waals surface area contributed by atoms with Gasteiger partial charge in [-0.15, -0.1) is 0 Å². The van der Waals surface area contributed by atoms with Crippen molar-refractivity contribution in [1.29, 1.82) is 0 Å². The number of aryl methyl sites for hydroxylation is 1. The molecule has 1 atom stereocenters. The van der Waals surface area contributed by atoms with Crippen LogP contribution in [0.5, 0.6) is 0 Å². The quantitative estimate of drug-likeness (QED) is 0.192. The second-order valence-electron chi connectivity index (χ2n) is 12.6. The predicted octanol–water partition coefficient (Wildman–Crippen LogP) is 6.07. The van der Waals surface area contributed by atoms with Gasteiger partial charge in [0, 0.05) is 55.6 Å². The highest BCUT2D eigenvalue weighted by Crippen LogP contribution is 2.28. The number of amides is 1. The van der Waals surface area contributed by atoms with E-state index in [-0.39, 0.29) is 24.6 Å². The van der Waals surface area contributed by atoms with Crippen LogP contribution in [0.3, 0.4) is 0 Å². The Balaban J connectivity index is 1.31. The first kappa shape index (κ1) is 34.0. The number of nitrogens with zero attached hydrogens (tertiary/aromatic N) is 7. The monoisotopic (exact) mass is 653 g/mol. The number of hydrogen-bond donors (Lipinski definition) is 2. The molecule has 1 aliphatic rings. The number of benzene rings is 1. The molecular formula is C35H43N9O4. The van der Waals surface area contributed by atoms with Crippen LogP contribution in [0.15, 0.2) is 60.9 Å². The van der Waals surface area contributed by atoms with Gasteiger partial charge < -0.3 is 29.9 Å². The number of rotatable bonds is 10. The van der Waals surface area contributed by atoms with Gasteiger partial charge in [-0.05, 0) is 89.1 Å². The first-order valence-corrected chi connectivity index (χ1v) is 16.1.